The molecule has 4 aromatic rings. The maximum absolute atomic E-state index is 13.6. The third-order valence-electron chi connectivity index (χ3n) is 6.13. The van der Waals surface area contributed by atoms with Crippen molar-refractivity contribution >= 4 is 23.4 Å². The third-order valence-corrected chi connectivity index (χ3v) is 6.36. The molecule has 35 heavy (non-hydrogen) atoms. The molecule has 0 unspecified atom stereocenters. The lowest BCUT2D eigenvalue weighted by molar-refractivity contribution is -0.127. The molecule has 1 heterocycles. The molecular formula is C29H26ClN3O2. The highest BCUT2D eigenvalue weighted by Crippen LogP contribution is 2.42. The van der Waals surface area contributed by atoms with Crippen LogP contribution in [0.4, 0.5) is 0 Å². The van der Waals surface area contributed by atoms with Gasteiger partial charge in [0.25, 0.3) is 0 Å². The highest BCUT2D eigenvalue weighted by Gasteiger charge is 2.39. The van der Waals surface area contributed by atoms with E-state index in [-0.39, 0.29) is 18.7 Å². The highest BCUT2D eigenvalue weighted by atomic mass is 35.5. The van der Waals surface area contributed by atoms with Crippen LogP contribution in [0.2, 0.25) is 5.15 Å². The van der Waals surface area contributed by atoms with Crippen LogP contribution in [0.5, 0.6) is 0 Å². The first kappa shape index (κ1) is 24.2. The molecule has 3 aromatic carbocycles. The summed E-state index contributed by atoms with van der Waals surface area (Å²) < 4.78 is 0. The minimum Gasteiger partial charge on any atom is -0.368 e. The van der Waals surface area contributed by atoms with E-state index in [1.54, 1.807) is 18.3 Å². The van der Waals surface area contributed by atoms with Crippen molar-refractivity contribution in [3.8, 4) is 0 Å². The molecule has 0 aliphatic carbocycles. The fourth-order valence-electron chi connectivity index (χ4n) is 4.45. The number of nitrogens with one attached hydrogen (secondary N) is 1. The number of benzene rings is 3. The largest absolute Gasteiger partial charge is 0.368 e. The molecule has 0 saturated heterocycles. The van der Waals surface area contributed by atoms with Crippen LogP contribution in [0.15, 0.2) is 109 Å². The van der Waals surface area contributed by atoms with Gasteiger partial charge in [0.15, 0.2) is 0 Å². The van der Waals surface area contributed by atoms with Crippen LogP contribution >= 0.6 is 11.6 Å². The van der Waals surface area contributed by atoms with E-state index in [1.807, 2.05) is 91.0 Å². The van der Waals surface area contributed by atoms with Crippen molar-refractivity contribution in [2.24, 2.45) is 5.73 Å². The molecule has 3 N–H and O–H groups in total. The minimum atomic E-state index is -0.884. The zero-order chi connectivity index (χ0) is 24.7. The molecule has 0 radical (unpaired) electrons. The number of carbonyl (C=O) groups excluding carboxylic acids is 2. The Bertz CT molecular complexity index is 1170. The molecular weight excluding hydrogens is 458 g/mol. The van der Waals surface area contributed by atoms with Gasteiger partial charge in [-0.25, -0.2) is 4.98 Å². The molecule has 2 amide bonds. The molecule has 4 rings (SSSR count). The Morgan fingerprint density at radius 3 is 1.69 bits per heavy atom. The van der Waals surface area contributed by atoms with Gasteiger partial charge in [-0.2, -0.15) is 0 Å². The first-order chi connectivity index (χ1) is 17.0. The maximum atomic E-state index is 13.6. The number of amides is 2. The molecule has 0 aliphatic heterocycles. The van der Waals surface area contributed by atoms with Gasteiger partial charge in [0.2, 0.25) is 11.8 Å². The second kappa shape index (κ2) is 11.0. The van der Waals surface area contributed by atoms with Crippen LogP contribution in [0.1, 0.15) is 28.7 Å². The lowest BCUT2D eigenvalue weighted by Crippen LogP contribution is -2.48. The average Bonchev–Trinajstić information content (AvgIpc) is 2.89. The quantitative estimate of drug-likeness (QED) is 0.268. The Labute approximate surface area is 210 Å². The highest BCUT2D eigenvalue weighted by molar-refractivity contribution is 6.29. The van der Waals surface area contributed by atoms with Gasteiger partial charge in [-0.05, 0) is 28.3 Å². The molecule has 0 bridgehead atoms. The van der Waals surface area contributed by atoms with Crippen LogP contribution in [0, 0.1) is 0 Å². The molecule has 0 aliphatic rings. The number of rotatable bonds is 9. The van der Waals surface area contributed by atoms with E-state index in [4.69, 9.17) is 17.3 Å². The summed E-state index contributed by atoms with van der Waals surface area (Å²) in [5, 5.41) is 3.22. The number of hydrogen-bond donors (Lipinski definition) is 2. The number of halogens is 1. The zero-order valence-electron chi connectivity index (χ0n) is 19.1. The number of hydrogen-bond acceptors (Lipinski definition) is 3. The van der Waals surface area contributed by atoms with Gasteiger partial charge in [0.05, 0.1) is 5.41 Å². The van der Waals surface area contributed by atoms with Gasteiger partial charge in [-0.3, -0.25) is 9.59 Å². The number of carbonyl (C=O) groups is 2. The monoisotopic (exact) mass is 483 g/mol. The van der Waals surface area contributed by atoms with Gasteiger partial charge >= 0.3 is 0 Å². The molecule has 1 atom stereocenters. The summed E-state index contributed by atoms with van der Waals surface area (Å²) in [7, 11) is 0. The Morgan fingerprint density at radius 1 is 0.800 bits per heavy atom. The van der Waals surface area contributed by atoms with Crippen LogP contribution < -0.4 is 11.1 Å². The second-order valence-electron chi connectivity index (χ2n) is 8.40. The van der Waals surface area contributed by atoms with E-state index >= 15 is 0 Å². The summed E-state index contributed by atoms with van der Waals surface area (Å²) in [5.41, 5.74) is 8.57. The zero-order valence-corrected chi connectivity index (χ0v) is 19.9. The molecule has 176 valence electrons. The summed E-state index contributed by atoms with van der Waals surface area (Å²) in [6, 6.07) is 32.3. The molecule has 5 nitrogen and oxygen atoms in total. The number of pyridine rings is 1. The summed E-state index contributed by atoms with van der Waals surface area (Å²) in [5.74, 6) is -0.898. The number of nitrogens with zero attached hydrogens (tertiary/aromatic N) is 1. The van der Waals surface area contributed by atoms with Crippen LogP contribution in [0.3, 0.4) is 0 Å². The summed E-state index contributed by atoms with van der Waals surface area (Å²) in [4.78, 5) is 29.9. The van der Waals surface area contributed by atoms with Crippen molar-refractivity contribution in [1.29, 1.82) is 0 Å². The lowest BCUT2D eigenvalue weighted by atomic mass is 9.67. The van der Waals surface area contributed by atoms with Crippen LogP contribution in [-0.4, -0.2) is 22.8 Å². The van der Waals surface area contributed by atoms with Gasteiger partial charge in [0.1, 0.15) is 11.2 Å². The number of nitrogens with two attached hydrogens (primary N) is 1. The normalized spacial score (nSPS) is 12.0. The number of aromatic nitrogens is 1. The predicted octanol–water partition coefficient (Wildman–Crippen LogP) is 4.67. The first-order valence-corrected chi connectivity index (χ1v) is 11.7. The SMILES string of the molecule is NC(=O)[C@H](Cc1ccc(Cl)nc1)NC(=O)CC(c1ccccc1)(c1ccccc1)c1ccccc1. The van der Waals surface area contributed by atoms with Crippen LogP contribution in [0.25, 0.3) is 0 Å². The molecule has 0 fully saturated rings. The molecule has 1 aromatic heterocycles. The van der Waals surface area contributed by atoms with E-state index < -0.39 is 17.4 Å². The van der Waals surface area contributed by atoms with E-state index in [2.05, 4.69) is 10.3 Å². The third kappa shape index (κ3) is 5.58. The topological polar surface area (TPSA) is 85.1 Å². The predicted molar refractivity (Wildman–Crippen MR) is 138 cm³/mol. The van der Waals surface area contributed by atoms with Crippen LogP contribution in [-0.2, 0) is 21.4 Å². The van der Waals surface area contributed by atoms with Crippen molar-refractivity contribution in [2.75, 3.05) is 0 Å². The first-order valence-electron chi connectivity index (χ1n) is 11.3. The summed E-state index contributed by atoms with van der Waals surface area (Å²) >= 11 is 5.87. The van der Waals surface area contributed by atoms with Crippen molar-refractivity contribution < 1.29 is 9.59 Å². The molecule has 6 heteroatoms. The Hall–Kier alpha value is -3.96. The summed E-state index contributed by atoms with van der Waals surface area (Å²) in [6.45, 7) is 0. The molecule has 0 spiro atoms. The van der Waals surface area contributed by atoms with Crippen molar-refractivity contribution in [3.05, 3.63) is 137 Å². The molecule has 0 saturated carbocycles. The van der Waals surface area contributed by atoms with Gasteiger partial charge in [-0.15, -0.1) is 0 Å². The van der Waals surface area contributed by atoms with Gasteiger partial charge < -0.3 is 11.1 Å². The standard InChI is InChI=1S/C29H26ClN3O2/c30-26-17-16-21(20-32-26)18-25(28(31)35)33-27(34)19-29(22-10-4-1-5-11-22,23-12-6-2-7-13-23)24-14-8-3-9-15-24/h1-17,20,25H,18-19H2,(H2,31,35)(H,33,34)/t25-/m0/s1. The van der Waals surface area contributed by atoms with Crippen molar-refractivity contribution in [2.45, 2.75) is 24.3 Å². The second-order valence-corrected chi connectivity index (χ2v) is 8.78. The number of primary amides is 1. The average molecular weight is 484 g/mol. The lowest BCUT2D eigenvalue weighted by Gasteiger charge is -2.36. The Morgan fingerprint density at radius 2 is 1.29 bits per heavy atom. The van der Waals surface area contributed by atoms with E-state index in [0.29, 0.717) is 5.15 Å². The fourth-order valence-corrected chi connectivity index (χ4v) is 4.56. The van der Waals surface area contributed by atoms with Crippen molar-refractivity contribution in [3.63, 3.8) is 0 Å². The Kier molecular flexibility index (Phi) is 7.58. The van der Waals surface area contributed by atoms with E-state index in [1.165, 1.54) is 0 Å². The minimum absolute atomic E-state index is 0.0910. The van der Waals surface area contributed by atoms with E-state index in [0.717, 1.165) is 22.3 Å². The van der Waals surface area contributed by atoms with Gasteiger partial charge in [-0.1, -0.05) is 109 Å². The smallest absolute Gasteiger partial charge is 0.240 e. The maximum Gasteiger partial charge on any atom is 0.240 e. The van der Waals surface area contributed by atoms with Crippen molar-refractivity contribution in [1.82, 2.24) is 10.3 Å². The fraction of sp³-hybridized carbons (Fsp3) is 0.138. The van der Waals surface area contributed by atoms with Gasteiger partial charge in [0, 0.05) is 19.0 Å². The van der Waals surface area contributed by atoms with E-state index in [9.17, 15) is 9.59 Å². The summed E-state index contributed by atoms with van der Waals surface area (Å²) in [6.07, 6.45) is 1.89. The Balaban J connectivity index is 1.72.